The minimum atomic E-state index is 0.0836. The average molecular weight is 291 g/mol. The van der Waals surface area contributed by atoms with Gasteiger partial charge in [-0.2, -0.15) is 0 Å². The summed E-state index contributed by atoms with van der Waals surface area (Å²) in [6.45, 7) is 2.91. The van der Waals surface area contributed by atoms with Crippen molar-refractivity contribution in [3.63, 3.8) is 0 Å². The van der Waals surface area contributed by atoms with Gasteiger partial charge >= 0.3 is 0 Å². The first kappa shape index (κ1) is 14.3. The number of hydrogen-bond donors (Lipinski definition) is 0. The van der Waals surface area contributed by atoms with Gasteiger partial charge in [0.2, 0.25) is 5.88 Å². The highest BCUT2D eigenvalue weighted by molar-refractivity contribution is 5.95. The number of piperazine rings is 1. The number of rotatable bonds is 5. The minimum absolute atomic E-state index is 0.0836. The highest BCUT2D eigenvalue weighted by Crippen LogP contribution is 2.32. The van der Waals surface area contributed by atoms with E-state index in [-0.39, 0.29) is 5.91 Å². The van der Waals surface area contributed by atoms with Crippen LogP contribution in [0.25, 0.3) is 0 Å². The Kier molecular flexibility index (Phi) is 4.07. The number of hydrogen-bond acceptors (Lipinski definition) is 5. The third kappa shape index (κ3) is 2.87. The van der Waals surface area contributed by atoms with Crippen LogP contribution in [-0.4, -0.2) is 73.2 Å². The summed E-state index contributed by atoms with van der Waals surface area (Å²) in [4.78, 5) is 21.0. The Labute approximate surface area is 124 Å². The SMILES string of the molecule is COCCOc1ccc(C(=O)N2C3CC2CN(C)C3)cn1. The van der Waals surface area contributed by atoms with E-state index in [1.165, 1.54) is 0 Å². The molecule has 3 heterocycles. The predicted molar refractivity (Wildman–Crippen MR) is 77.5 cm³/mol. The number of aromatic nitrogens is 1. The van der Waals surface area contributed by atoms with Crippen LogP contribution in [0, 0.1) is 0 Å². The van der Waals surface area contributed by atoms with Crippen LogP contribution in [0.2, 0.25) is 0 Å². The first-order chi connectivity index (χ1) is 10.2. The van der Waals surface area contributed by atoms with Crippen molar-refractivity contribution in [1.82, 2.24) is 14.8 Å². The standard InChI is InChI=1S/C15H21N3O3/c1-17-9-12-7-13(10-17)18(12)15(19)11-3-4-14(16-8-11)21-6-5-20-2/h3-4,8,12-13H,5-7,9-10H2,1-2H3. The van der Waals surface area contributed by atoms with Gasteiger partial charge < -0.3 is 19.3 Å². The Hall–Kier alpha value is -1.66. The number of ether oxygens (including phenoxy) is 2. The van der Waals surface area contributed by atoms with Gasteiger partial charge in [-0.1, -0.05) is 0 Å². The molecule has 1 amide bonds. The lowest BCUT2D eigenvalue weighted by atomic mass is 9.87. The molecule has 2 unspecified atom stereocenters. The number of carbonyl (C=O) groups excluding carboxylic acids is 1. The van der Waals surface area contributed by atoms with E-state index in [9.17, 15) is 4.79 Å². The van der Waals surface area contributed by atoms with Crippen molar-refractivity contribution >= 4 is 5.91 Å². The van der Waals surface area contributed by atoms with Gasteiger partial charge in [0.05, 0.1) is 12.2 Å². The molecule has 0 spiro atoms. The molecule has 0 aliphatic carbocycles. The lowest BCUT2D eigenvalue weighted by Crippen LogP contribution is -2.69. The molecule has 2 aliphatic heterocycles. The minimum Gasteiger partial charge on any atom is -0.475 e. The van der Waals surface area contributed by atoms with Crippen LogP contribution in [0.3, 0.4) is 0 Å². The highest BCUT2D eigenvalue weighted by atomic mass is 16.5. The van der Waals surface area contributed by atoms with Crippen molar-refractivity contribution in [2.24, 2.45) is 0 Å². The topological polar surface area (TPSA) is 54.9 Å². The van der Waals surface area contributed by atoms with Crippen LogP contribution in [-0.2, 0) is 4.74 Å². The maximum atomic E-state index is 12.5. The van der Waals surface area contributed by atoms with Crippen LogP contribution >= 0.6 is 0 Å². The van der Waals surface area contributed by atoms with Crippen LogP contribution in [0.15, 0.2) is 18.3 Å². The summed E-state index contributed by atoms with van der Waals surface area (Å²) in [5, 5.41) is 0. The Morgan fingerprint density at radius 1 is 1.33 bits per heavy atom. The monoisotopic (exact) mass is 291 g/mol. The van der Waals surface area contributed by atoms with Crippen molar-refractivity contribution in [3.8, 4) is 5.88 Å². The molecule has 6 nitrogen and oxygen atoms in total. The second kappa shape index (κ2) is 5.99. The zero-order chi connectivity index (χ0) is 14.8. The largest absolute Gasteiger partial charge is 0.475 e. The lowest BCUT2D eigenvalue weighted by molar-refractivity contribution is -0.0397. The van der Waals surface area contributed by atoms with E-state index in [0.29, 0.717) is 36.7 Å². The van der Waals surface area contributed by atoms with E-state index in [4.69, 9.17) is 9.47 Å². The van der Waals surface area contributed by atoms with Gasteiger partial charge in [-0.05, 0) is 19.5 Å². The number of likely N-dealkylation sites (N-methyl/N-ethyl adjacent to an activating group) is 1. The smallest absolute Gasteiger partial charge is 0.256 e. The molecule has 2 aliphatic rings. The van der Waals surface area contributed by atoms with Crippen molar-refractivity contribution < 1.29 is 14.3 Å². The molecule has 6 heteroatoms. The normalized spacial score (nSPS) is 24.6. The number of amides is 1. The van der Waals surface area contributed by atoms with E-state index < -0.39 is 0 Å². The summed E-state index contributed by atoms with van der Waals surface area (Å²) in [6, 6.07) is 4.25. The van der Waals surface area contributed by atoms with E-state index in [0.717, 1.165) is 19.5 Å². The summed E-state index contributed by atoms with van der Waals surface area (Å²) < 4.78 is 10.3. The molecule has 0 N–H and O–H groups in total. The van der Waals surface area contributed by atoms with E-state index in [2.05, 4.69) is 16.9 Å². The Morgan fingerprint density at radius 2 is 2.10 bits per heavy atom. The fourth-order valence-corrected chi connectivity index (χ4v) is 3.12. The molecular formula is C15H21N3O3. The molecule has 2 saturated heterocycles. The van der Waals surface area contributed by atoms with Gasteiger partial charge in [-0.15, -0.1) is 0 Å². The van der Waals surface area contributed by atoms with Crippen LogP contribution in [0.1, 0.15) is 16.8 Å². The van der Waals surface area contributed by atoms with Gasteiger partial charge in [0.1, 0.15) is 6.61 Å². The third-order valence-corrected chi connectivity index (χ3v) is 4.13. The second-order valence-corrected chi connectivity index (χ2v) is 5.70. The molecule has 1 aromatic rings. The maximum absolute atomic E-state index is 12.5. The maximum Gasteiger partial charge on any atom is 0.256 e. The van der Waals surface area contributed by atoms with Crippen molar-refractivity contribution in [3.05, 3.63) is 23.9 Å². The van der Waals surface area contributed by atoms with Gasteiger partial charge in [0.15, 0.2) is 0 Å². The fraction of sp³-hybridized carbons (Fsp3) is 0.600. The molecule has 0 aromatic carbocycles. The Bertz CT molecular complexity index is 493. The molecule has 2 atom stereocenters. The molecule has 2 bridgehead atoms. The van der Waals surface area contributed by atoms with Gasteiger partial charge in [0.25, 0.3) is 5.91 Å². The molecule has 114 valence electrons. The average Bonchev–Trinajstić information content (AvgIpc) is 2.47. The van der Waals surface area contributed by atoms with E-state index in [1.54, 1.807) is 25.4 Å². The molecule has 3 rings (SSSR count). The molecular weight excluding hydrogens is 270 g/mol. The fourth-order valence-electron chi connectivity index (χ4n) is 3.12. The number of likely N-dealkylation sites (tertiary alicyclic amines) is 2. The highest BCUT2D eigenvalue weighted by Gasteiger charge is 2.46. The number of methoxy groups -OCH3 is 1. The van der Waals surface area contributed by atoms with Crippen molar-refractivity contribution in [1.29, 1.82) is 0 Å². The number of carbonyl (C=O) groups is 1. The second-order valence-electron chi connectivity index (χ2n) is 5.70. The Balaban J connectivity index is 1.61. The molecule has 1 aromatic heterocycles. The lowest BCUT2D eigenvalue weighted by Gasteiger charge is -2.55. The van der Waals surface area contributed by atoms with E-state index >= 15 is 0 Å². The molecule has 0 radical (unpaired) electrons. The summed E-state index contributed by atoms with van der Waals surface area (Å²) in [6.07, 6.45) is 2.73. The summed E-state index contributed by atoms with van der Waals surface area (Å²) >= 11 is 0. The Morgan fingerprint density at radius 3 is 2.71 bits per heavy atom. The quantitative estimate of drug-likeness (QED) is 0.745. The van der Waals surface area contributed by atoms with Crippen LogP contribution in [0.5, 0.6) is 5.88 Å². The zero-order valence-corrected chi connectivity index (χ0v) is 12.5. The van der Waals surface area contributed by atoms with Crippen molar-refractivity contribution in [2.45, 2.75) is 18.5 Å². The summed E-state index contributed by atoms with van der Waals surface area (Å²) in [7, 11) is 3.73. The number of fused-ring (bicyclic) bond motifs is 2. The van der Waals surface area contributed by atoms with Crippen molar-refractivity contribution in [2.75, 3.05) is 40.5 Å². The van der Waals surface area contributed by atoms with Gasteiger partial charge in [-0.25, -0.2) is 4.98 Å². The molecule has 0 saturated carbocycles. The predicted octanol–water partition coefficient (Wildman–Crippen LogP) is 0.635. The number of pyridine rings is 1. The molecule has 2 fully saturated rings. The third-order valence-electron chi connectivity index (χ3n) is 4.13. The van der Waals surface area contributed by atoms with Gasteiger partial charge in [0, 0.05) is 44.5 Å². The van der Waals surface area contributed by atoms with Gasteiger partial charge in [-0.3, -0.25) is 4.79 Å². The first-order valence-corrected chi connectivity index (χ1v) is 7.28. The first-order valence-electron chi connectivity index (χ1n) is 7.28. The number of piperidine rings is 1. The summed E-state index contributed by atoms with van der Waals surface area (Å²) in [5.41, 5.74) is 0.633. The summed E-state index contributed by atoms with van der Waals surface area (Å²) in [5.74, 6) is 0.604. The van der Waals surface area contributed by atoms with Crippen LogP contribution in [0.4, 0.5) is 0 Å². The van der Waals surface area contributed by atoms with Crippen LogP contribution < -0.4 is 4.74 Å². The van der Waals surface area contributed by atoms with E-state index in [1.807, 2.05) is 4.90 Å². The zero-order valence-electron chi connectivity index (χ0n) is 12.5. The molecule has 21 heavy (non-hydrogen) atoms. The number of nitrogens with zero attached hydrogens (tertiary/aromatic N) is 3.